The lowest BCUT2D eigenvalue weighted by Gasteiger charge is -2.39. The Morgan fingerprint density at radius 1 is 1.35 bits per heavy atom. The van der Waals surface area contributed by atoms with Crippen molar-refractivity contribution in [1.82, 2.24) is 14.9 Å². The molecular formula is C21H29N3OS. The number of fused-ring (bicyclic) bond motifs is 3. The highest BCUT2D eigenvalue weighted by Crippen LogP contribution is 2.65. The van der Waals surface area contributed by atoms with Gasteiger partial charge in [-0.1, -0.05) is 32.9 Å². The van der Waals surface area contributed by atoms with Gasteiger partial charge in [-0.15, -0.1) is 0 Å². The number of carbonyl (C=O) groups excluding carboxylic acids is 1. The van der Waals surface area contributed by atoms with E-state index in [1.807, 2.05) is 18.2 Å². The number of hydrogen-bond donors (Lipinski definition) is 1. The smallest absolute Gasteiger partial charge is 0.240 e. The molecule has 2 bridgehead atoms. The van der Waals surface area contributed by atoms with Crippen LogP contribution in [-0.4, -0.2) is 27.8 Å². The van der Waals surface area contributed by atoms with Gasteiger partial charge in [-0.3, -0.25) is 4.79 Å². The first kappa shape index (κ1) is 17.9. The lowest BCUT2D eigenvalue weighted by atomic mass is 9.69. The van der Waals surface area contributed by atoms with Crippen LogP contribution in [0.4, 0.5) is 0 Å². The fourth-order valence-corrected chi connectivity index (χ4v) is 5.83. The lowest BCUT2D eigenvalue weighted by Crippen LogP contribution is -2.47. The van der Waals surface area contributed by atoms with E-state index in [0.717, 1.165) is 34.9 Å². The first-order valence-electron chi connectivity index (χ1n) is 9.59. The molecular weight excluding hydrogens is 342 g/mol. The fourth-order valence-electron chi connectivity index (χ4n) is 5.35. The Balaban J connectivity index is 1.54. The zero-order valence-electron chi connectivity index (χ0n) is 16.2. The molecule has 1 heterocycles. The highest BCUT2D eigenvalue weighted by atomic mass is 32.2. The summed E-state index contributed by atoms with van der Waals surface area (Å²) in [6.45, 7) is 7.50. The molecule has 1 aromatic heterocycles. The number of carbonyl (C=O) groups is 1. The van der Waals surface area contributed by atoms with Crippen molar-refractivity contribution in [2.45, 2.75) is 58.4 Å². The predicted molar refractivity (Wildman–Crippen MR) is 108 cm³/mol. The number of imidazole rings is 1. The minimum Gasteiger partial charge on any atom is -0.351 e. The fraction of sp³-hybridized carbons (Fsp3) is 0.619. The largest absolute Gasteiger partial charge is 0.351 e. The molecule has 1 amide bonds. The number of rotatable bonds is 5. The van der Waals surface area contributed by atoms with Crippen molar-refractivity contribution in [1.29, 1.82) is 0 Å². The number of hydrogen-bond acceptors (Lipinski definition) is 3. The van der Waals surface area contributed by atoms with Crippen molar-refractivity contribution in [2.75, 3.05) is 6.26 Å². The van der Waals surface area contributed by atoms with Gasteiger partial charge in [0, 0.05) is 6.04 Å². The van der Waals surface area contributed by atoms with Crippen LogP contribution in [0.15, 0.2) is 24.3 Å². The lowest BCUT2D eigenvalue weighted by molar-refractivity contribution is -0.123. The first-order chi connectivity index (χ1) is 12.4. The van der Waals surface area contributed by atoms with E-state index in [1.54, 1.807) is 11.8 Å². The van der Waals surface area contributed by atoms with E-state index in [1.165, 1.54) is 12.8 Å². The summed E-state index contributed by atoms with van der Waals surface area (Å²) in [4.78, 5) is 17.7. The Morgan fingerprint density at radius 2 is 2.12 bits per heavy atom. The van der Waals surface area contributed by atoms with Gasteiger partial charge in [0.2, 0.25) is 5.91 Å². The van der Waals surface area contributed by atoms with E-state index >= 15 is 0 Å². The van der Waals surface area contributed by atoms with Crippen LogP contribution in [0.3, 0.4) is 0 Å². The maximum atomic E-state index is 12.9. The molecule has 2 fully saturated rings. The third-order valence-electron chi connectivity index (χ3n) is 7.44. The van der Waals surface area contributed by atoms with Crippen LogP contribution in [0.25, 0.3) is 11.0 Å². The Kier molecular flexibility index (Phi) is 4.33. The monoisotopic (exact) mass is 371 g/mol. The zero-order chi connectivity index (χ0) is 18.5. The number of para-hydroxylation sites is 2. The molecule has 2 aliphatic rings. The maximum Gasteiger partial charge on any atom is 0.240 e. The molecule has 2 aliphatic carbocycles. The summed E-state index contributed by atoms with van der Waals surface area (Å²) in [5, 5.41) is 3.38. The topological polar surface area (TPSA) is 46.9 Å². The van der Waals surface area contributed by atoms with E-state index in [4.69, 9.17) is 4.98 Å². The molecule has 0 saturated heterocycles. The molecule has 0 spiro atoms. The average molecular weight is 372 g/mol. The van der Waals surface area contributed by atoms with E-state index < -0.39 is 0 Å². The number of benzene rings is 1. The Morgan fingerprint density at radius 3 is 2.77 bits per heavy atom. The molecule has 4 rings (SSSR count). The molecule has 1 N–H and O–H groups in total. The normalized spacial score (nSPS) is 29.4. The van der Waals surface area contributed by atoms with Crippen molar-refractivity contribution in [2.24, 2.45) is 16.7 Å². The standard InChI is InChI=1S/C21H29N3OS/c1-20(2)14-9-10-21(20,3)17(11-14)23-19(25)12-24-16-8-6-5-7-15(16)22-18(24)13-26-4/h5-8,14,17H,9-13H2,1-4H3,(H,23,25). The second-order valence-electron chi connectivity index (χ2n) is 8.77. The van der Waals surface area contributed by atoms with Gasteiger partial charge < -0.3 is 9.88 Å². The Labute approximate surface area is 160 Å². The number of nitrogens with zero attached hydrogens (tertiary/aromatic N) is 2. The zero-order valence-corrected chi connectivity index (χ0v) is 17.0. The van der Waals surface area contributed by atoms with Crippen LogP contribution < -0.4 is 5.32 Å². The number of nitrogens with one attached hydrogen (secondary N) is 1. The summed E-state index contributed by atoms with van der Waals surface area (Å²) < 4.78 is 2.09. The van der Waals surface area contributed by atoms with Gasteiger partial charge in [-0.25, -0.2) is 4.98 Å². The number of thioether (sulfide) groups is 1. The van der Waals surface area contributed by atoms with Crippen LogP contribution in [0.5, 0.6) is 0 Å². The van der Waals surface area contributed by atoms with Gasteiger partial charge in [0.25, 0.3) is 0 Å². The molecule has 0 radical (unpaired) electrons. The minimum absolute atomic E-state index is 0.116. The molecule has 26 heavy (non-hydrogen) atoms. The summed E-state index contributed by atoms with van der Waals surface area (Å²) >= 11 is 1.74. The van der Waals surface area contributed by atoms with Crippen molar-refractivity contribution in [3.05, 3.63) is 30.1 Å². The maximum absolute atomic E-state index is 12.9. The third kappa shape index (κ3) is 2.58. The summed E-state index contributed by atoms with van der Waals surface area (Å²) in [5.74, 6) is 2.65. The van der Waals surface area contributed by atoms with Gasteiger partial charge in [0.05, 0.1) is 16.8 Å². The second kappa shape index (κ2) is 6.29. The molecule has 5 heteroatoms. The molecule has 3 atom stereocenters. The summed E-state index contributed by atoms with van der Waals surface area (Å²) in [7, 11) is 0. The summed E-state index contributed by atoms with van der Waals surface area (Å²) in [6.07, 6.45) is 5.72. The van der Waals surface area contributed by atoms with Crippen molar-refractivity contribution in [3.63, 3.8) is 0 Å². The van der Waals surface area contributed by atoms with E-state index in [-0.39, 0.29) is 11.3 Å². The molecule has 140 valence electrons. The van der Waals surface area contributed by atoms with Gasteiger partial charge in [-0.2, -0.15) is 11.8 Å². The summed E-state index contributed by atoms with van der Waals surface area (Å²) in [6, 6.07) is 8.39. The Bertz CT molecular complexity index is 843. The predicted octanol–water partition coefficient (Wildman–Crippen LogP) is 4.23. The molecule has 1 aromatic carbocycles. The molecule has 2 saturated carbocycles. The molecule has 4 nitrogen and oxygen atoms in total. The van der Waals surface area contributed by atoms with Crippen LogP contribution in [0.1, 0.15) is 45.9 Å². The van der Waals surface area contributed by atoms with Gasteiger partial charge in [0.1, 0.15) is 12.4 Å². The number of aromatic nitrogens is 2. The number of amides is 1. The van der Waals surface area contributed by atoms with Gasteiger partial charge >= 0.3 is 0 Å². The quantitative estimate of drug-likeness (QED) is 0.855. The minimum atomic E-state index is 0.116. The highest BCUT2D eigenvalue weighted by molar-refractivity contribution is 7.97. The van der Waals surface area contributed by atoms with Crippen LogP contribution >= 0.6 is 11.8 Å². The van der Waals surface area contributed by atoms with Crippen molar-refractivity contribution < 1.29 is 4.79 Å². The van der Waals surface area contributed by atoms with Crippen LogP contribution in [0.2, 0.25) is 0 Å². The van der Waals surface area contributed by atoms with Gasteiger partial charge in [0.15, 0.2) is 0 Å². The molecule has 0 aliphatic heterocycles. The second-order valence-corrected chi connectivity index (χ2v) is 9.63. The van der Waals surface area contributed by atoms with Crippen LogP contribution in [0, 0.1) is 16.7 Å². The van der Waals surface area contributed by atoms with Gasteiger partial charge in [-0.05, 0) is 54.4 Å². The van der Waals surface area contributed by atoms with Crippen molar-refractivity contribution >= 4 is 28.7 Å². The Hall–Kier alpha value is -1.49. The molecule has 3 unspecified atom stereocenters. The average Bonchev–Trinajstić information content (AvgIpc) is 3.11. The summed E-state index contributed by atoms with van der Waals surface area (Å²) in [5.41, 5.74) is 2.55. The van der Waals surface area contributed by atoms with E-state index in [2.05, 4.69) is 43.0 Å². The van der Waals surface area contributed by atoms with E-state index in [9.17, 15) is 4.79 Å². The first-order valence-corrected chi connectivity index (χ1v) is 11.0. The highest BCUT2D eigenvalue weighted by Gasteiger charge is 2.61. The SMILES string of the molecule is CSCc1nc2ccccc2n1CC(=O)NC1CC2CCC1(C)C2(C)C. The van der Waals surface area contributed by atoms with E-state index in [0.29, 0.717) is 18.0 Å². The third-order valence-corrected chi connectivity index (χ3v) is 7.98. The molecule has 2 aromatic rings. The van der Waals surface area contributed by atoms with Crippen molar-refractivity contribution in [3.8, 4) is 0 Å². The van der Waals surface area contributed by atoms with Crippen LogP contribution in [-0.2, 0) is 17.1 Å².